The maximum absolute atomic E-state index is 13.2. The molecule has 1 fully saturated rings. The van der Waals surface area contributed by atoms with Gasteiger partial charge in [0.25, 0.3) is 5.91 Å². The van der Waals surface area contributed by atoms with Gasteiger partial charge in [0.2, 0.25) is 5.82 Å². The quantitative estimate of drug-likeness (QED) is 0.614. The van der Waals surface area contributed by atoms with Gasteiger partial charge in [-0.05, 0) is 44.1 Å². The highest BCUT2D eigenvalue weighted by Gasteiger charge is 2.23. The van der Waals surface area contributed by atoms with Crippen LogP contribution in [0.15, 0.2) is 48.5 Å². The standard InChI is InChI=1S/C22H22ClN5O2/c23-16-9-10-18(17(13-16)20(29)15-7-3-1-4-8-15)28-19(25-22(26-28)21(24)30)14-27-11-5-2-6-12-27/h1,3-4,7-10,13H,2,5-6,11-12,14H2,(H2,24,30). The van der Waals surface area contributed by atoms with Crippen molar-refractivity contribution in [2.24, 2.45) is 5.73 Å². The predicted octanol–water partition coefficient (Wildman–Crippen LogP) is 3.24. The van der Waals surface area contributed by atoms with Crippen LogP contribution in [0, 0.1) is 0 Å². The van der Waals surface area contributed by atoms with E-state index in [-0.39, 0.29) is 11.6 Å². The summed E-state index contributed by atoms with van der Waals surface area (Å²) in [5.41, 5.74) is 6.88. The van der Waals surface area contributed by atoms with Gasteiger partial charge in [0.1, 0.15) is 5.82 Å². The number of benzene rings is 2. The first-order valence-electron chi connectivity index (χ1n) is 9.90. The van der Waals surface area contributed by atoms with Gasteiger partial charge >= 0.3 is 0 Å². The highest BCUT2D eigenvalue weighted by molar-refractivity contribution is 6.31. The Hall–Kier alpha value is -3.03. The van der Waals surface area contributed by atoms with Crippen molar-refractivity contribution in [1.82, 2.24) is 19.7 Å². The molecule has 2 aromatic carbocycles. The summed E-state index contributed by atoms with van der Waals surface area (Å²) >= 11 is 6.21. The second-order valence-corrected chi connectivity index (χ2v) is 7.76. The lowest BCUT2D eigenvalue weighted by molar-refractivity contribution is 0.0989. The summed E-state index contributed by atoms with van der Waals surface area (Å²) in [4.78, 5) is 31.6. The fourth-order valence-corrected chi connectivity index (χ4v) is 3.85. The van der Waals surface area contributed by atoms with Crippen molar-refractivity contribution in [1.29, 1.82) is 0 Å². The normalized spacial score (nSPS) is 14.6. The van der Waals surface area contributed by atoms with Crippen molar-refractivity contribution >= 4 is 23.3 Å². The van der Waals surface area contributed by atoms with E-state index in [1.165, 1.54) is 6.42 Å². The summed E-state index contributed by atoms with van der Waals surface area (Å²) in [5, 5.41) is 4.76. The number of nitrogens with zero attached hydrogens (tertiary/aromatic N) is 4. The van der Waals surface area contributed by atoms with Crippen LogP contribution in [0.25, 0.3) is 5.69 Å². The lowest BCUT2D eigenvalue weighted by Gasteiger charge is -2.26. The number of likely N-dealkylation sites (tertiary alicyclic amines) is 1. The Bertz CT molecular complexity index is 1070. The van der Waals surface area contributed by atoms with Gasteiger partial charge in [-0.25, -0.2) is 9.67 Å². The van der Waals surface area contributed by atoms with Gasteiger partial charge in [0, 0.05) is 16.1 Å². The van der Waals surface area contributed by atoms with Gasteiger partial charge in [0.15, 0.2) is 5.78 Å². The highest BCUT2D eigenvalue weighted by Crippen LogP contribution is 2.24. The van der Waals surface area contributed by atoms with E-state index in [1.807, 2.05) is 6.07 Å². The number of amides is 1. The topological polar surface area (TPSA) is 94.1 Å². The van der Waals surface area contributed by atoms with Crippen molar-refractivity contribution in [2.75, 3.05) is 13.1 Å². The predicted molar refractivity (Wildman–Crippen MR) is 114 cm³/mol. The monoisotopic (exact) mass is 423 g/mol. The van der Waals surface area contributed by atoms with E-state index in [0.29, 0.717) is 34.2 Å². The average molecular weight is 424 g/mol. The molecule has 1 amide bonds. The van der Waals surface area contributed by atoms with E-state index in [9.17, 15) is 9.59 Å². The third-order valence-corrected chi connectivity index (χ3v) is 5.41. The van der Waals surface area contributed by atoms with Crippen LogP contribution in [0.5, 0.6) is 0 Å². The first-order chi connectivity index (χ1) is 14.5. The third-order valence-electron chi connectivity index (χ3n) is 5.18. The minimum absolute atomic E-state index is 0.0740. The number of aromatic nitrogens is 3. The molecule has 154 valence electrons. The molecule has 8 heteroatoms. The summed E-state index contributed by atoms with van der Waals surface area (Å²) in [6.45, 7) is 2.42. The zero-order valence-corrected chi connectivity index (χ0v) is 17.2. The van der Waals surface area contributed by atoms with E-state index >= 15 is 0 Å². The molecule has 1 saturated heterocycles. The Morgan fingerprint density at radius 2 is 1.77 bits per heavy atom. The number of halogens is 1. The highest BCUT2D eigenvalue weighted by atomic mass is 35.5. The number of hydrogen-bond acceptors (Lipinski definition) is 5. The Kier molecular flexibility index (Phi) is 5.92. The first-order valence-corrected chi connectivity index (χ1v) is 10.3. The smallest absolute Gasteiger partial charge is 0.288 e. The molecule has 0 unspecified atom stereocenters. The molecule has 0 aliphatic carbocycles. The lowest BCUT2D eigenvalue weighted by Crippen LogP contribution is -2.30. The minimum Gasteiger partial charge on any atom is -0.363 e. The Morgan fingerprint density at radius 1 is 1.03 bits per heavy atom. The molecule has 2 heterocycles. The summed E-state index contributed by atoms with van der Waals surface area (Å²) in [7, 11) is 0. The van der Waals surface area contributed by atoms with Crippen LogP contribution < -0.4 is 5.73 Å². The second-order valence-electron chi connectivity index (χ2n) is 7.32. The summed E-state index contributed by atoms with van der Waals surface area (Å²) < 4.78 is 1.54. The Labute approximate surface area is 179 Å². The molecule has 0 radical (unpaired) electrons. The minimum atomic E-state index is -0.710. The number of carbonyl (C=O) groups is 2. The summed E-state index contributed by atoms with van der Waals surface area (Å²) in [5.74, 6) is -0.406. The van der Waals surface area contributed by atoms with E-state index in [4.69, 9.17) is 17.3 Å². The molecule has 4 rings (SSSR count). The van der Waals surface area contributed by atoms with Gasteiger partial charge in [0.05, 0.1) is 12.2 Å². The number of nitrogens with two attached hydrogens (primary N) is 1. The summed E-state index contributed by atoms with van der Waals surface area (Å²) in [6, 6.07) is 14.0. The molecule has 1 aromatic heterocycles. The van der Waals surface area contributed by atoms with E-state index < -0.39 is 5.91 Å². The van der Waals surface area contributed by atoms with Gasteiger partial charge in [-0.1, -0.05) is 48.4 Å². The van der Waals surface area contributed by atoms with Crippen LogP contribution in [0.4, 0.5) is 0 Å². The Balaban J connectivity index is 1.79. The fraction of sp³-hybridized carbons (Fsp3) is 0.273. The molecule has 0 spiro atoms. The number of hydrogen-bond donors (Lipinski definition) is 1. The zero-order valence-electron chi connectivity index (χ0n) is 16.4. The van der Waals surface area contributed by atoms with Crippen LogP contribution >= 0.6 is 11.6 Å². The number of primary amides is 1. The maximum Gasteiger partial charge on any atom is 0.288 e. The molecule has 1 aliphatic rings. The molecular formula is C22H22ClN5O2. The van der Waals surface area contributed by atoms with Crippen LogP contribution in [0.2, 0.25) is 5.02 Å². The molecule has 2 N–H and O–H groups in total. The molecule has 1 aliphatic heterocycles. The van der Waals surface area contributed by atoms with E-state index in [0.717, 1.165) is 25.9 Å². The molecule has 0 atom stereocenters. The van der Waals surface area contributed by atoms with E-state index in [1.54, 1.807) is 47.1 Å². The Morgan fingerprint density at radius 3 is 2.47 bits per heavy atom. The van der Waals surface area contributed by atoms with Gasteiger partial charge < -0.3 is 5.73 Å². The molecule has 3 aromatic rings. The van der Waals surface area contributed by atoms with Crippen molar-refractivity contribution in [2.45, 2.75) is 25.8 Å². The molecule has 7 nitrogen and oxygen atoms in total. The second kappa shape index (κ2) is 8.77. The molecule has 0 bridgehead atoms. The van der Waals surface area contributed by atoms with Crippen LogP contribution in [-0.2, 0) is 6.54 Å². The van der Waals surface area contributed by atoms with Gasteiger partial charge in [-0.2, -0.15) is 0 Å². The van der Waals surface area contributed by atoms with Crippen LogP contribution in [0.1, 0.15) is 51.6 Å². The third kappa shape index (κ3) is 4.27. The van der Waals surface area contributed by atoms with Gasteiger partial charge in [-0.15, -0.1) is 5.10 Å². The number of rotatable bonds is 6. The van der Waals surface area contributed by atoms with Crippen molar-refractivity contribution in [3.05, 3.63) is 76.3 Å². The van der Waals surface area contributed by atoms with Crippen molar-refractivity contribution in [3.8, 4) is 5.69 Å². The zero-order chi connectivity index (χ0) is 21.1. The van der Waals surface area contributed by atoms with Crippen LogP contribution in [-0.4, -0.2) is 44.4 Å². The molecule has 0 saturated carbocycles. The molecule has 30 heavy (non-hydrogen) atoms. The van der Waals surface area contributed by atoms with Crippen LogP contribution in [0.3, 0.4) is 0 Å². The van der Waals surface area contributed by atoms with Crippen molar-refractivity contribution < 1.29 is 9.59 Å². The maximum atomic E-state index is 13.2. The number of piperidine rings is 1. The lowest BCUT2D eigenvalue weighted by atomic mass is 10.0. The first kappa shape index (κ1) is 20.3. The van der Waals surface area contributed by atoms with E-state index in [2.05, 4.69) is 15.0 Å². The molecular weight excluding hydrogens is 402 g/mol. The van der Waals surface area contributed by atoms with Gasteiger partial charge in [-0.3, -0.25) is 14.5 Å². The SMILES string of the molecule is NC(=O)c1nc(CN2CCCCC2)n(-c2ccc(Cl)cc2C(=O)c2ccccc2)n1. The summed E-state index contributed by atoms with van der Waals surface area (Å²) in [6.07, 6.45) is 3.45. The average Bonchev–Trinajstić information content (AvgIpc) is 3.18. The van der Waals surface area contributed by atoms with Crippen molar-refractivity contribution in [3.63, 3.8) is 0 Å². The number of ketones is 1. The fourth-order valence-electron chi connectivity index (χ4n) is 3.68. The largest absolute Gasteiger partial charge is 0.363 e. The number of carbonyl (C=O) groups excluding carboxylic acids is 2.